The van der Waals surface area contributed by atoms with Crippen LogP contribution in [-0.2, 0) is 0 Å². The lowest BCUT2D eigenvalue weighted by Crippen LogP contribution is -2.52. The Bertz CT molecular complexity index is 410. The van der Waals surface area contributed by atoms with Crippen molar-refractivity contribution in [3.05, 3.63) is 26.2 Å². The minimum Gasteiger partial charge on any atom is -0.367 e. The van der Waals surface area contributed by atoms with Crippen LogP contribution < -0.4 is 10.6 Å². The Morgan fingerprint density at radius 1 is 1.41 bits per heavy atom. The van der Waals surface area contributed by atoms with Crippen molar-refractivity contribution in [1.82, 2.24) is 0 Å². The van der Waals surface area contributed by atoms with E-state index >= 15 is 0 Å². The maximum atomic E-state index is 6.14. The predicted octanol–water partition coefficient (Wildman–Crippen LogP) is 3.62. The number of hydrogen-bond donors (Lipinski definition) is 1. The zero-order chi connectivity index (χ0) is 12.6. The standard InChI is InChI=1S/C13H18BrIN2/c1-8-9(2)17(6-5-12(8)16)13-7-10(15)3-4-11(13)14/h3-4,7-9,12H,5-6,16H2,1-2H3. The lowest BCUT2D eigenvalue weighted by molar-refractivity contribution is 0.315. The topological polar surface area (TPSA) is 29.3 Å². The quantitative estimate of drug-likeness (QED) is 0.719. The summed E-state index contributed by atoms with van der Waals surface area (Å²) in [5, 5.41) is 0. The summed E-state index contributed by atoms with van der Waals surface area (Å²) in [4.78, 5) is 2.47. The maximum absolute atomic E-state index is 6.14. The van der Waals surface area contributed by atoms with Crippen molar-refractivity contribution >= 4 is 44.2 Å². The van der Waals surface area contributed by atoms with Gasteiger partial charge < -0.3 is 10.6 Å². The fourth-order valence-electron chi connectivity index (χ4n) is 2.44. The van der Waals surface area contributed by atoms with Crippen molar-refractivity contribution in [2.24, 2.45) is 11.7 Å². The maximum Gasteiger partial charge on any atom is 0.0523 e. The van der Waals surface area contributed by atoms with Crippen LogP contribution in [0.2, 0.25) is 0 Å². The van der Waals surface area contributed by atoms with Crippen LogP contribution in [0, 0.1) is 9.49 Å². The Morgan fingerprint density at radius 3 is 2.82 bits per heavy atom. The summed E-state index contributed by atoms with van der Waals surface area (Å²) >= 11 is 6.01. The molecule has 2 nitrogen and oxygen atoms in total. The number of piperidine rings is 1. The molecule has 0 amide bonds. The molecule has 0 spiro atoms. The zero-order valence-corrected chi connectivity index (χ0v) is 13.9. The summed E-state index contributed by atoms with van der Waals surface area (Å²) in [6, 6.07) is 7.32. The van der Waals surface area contributed by atoms with E-state index in [9.17, 15) is 0 Å². The molecule has 1 aromatic carbocycles. The number of nitrogens with two attached hydrogens (primary N) is 1. The van der Waals surface area contributed by atoms with Gasteiger partial charge in [0.2, 0.25) is 0 Å². The number of halogens is 2. The van der Waals surface area contributed by atoms with E-state index in [1.54, 1.807) is 0 Å². The third-order valence-corrected chi connectivity index (χ3v) is 5.19. The van der Waals surface area contributed by atoms with Gasteiger partial charge in [-0.25, -0.2) is 0 Å². The molecule has 1 aliphatic heterocycles. The summed E-state index contributed by atoms with van der Waals surface area (Å²) in [5.74, 6) is 0.536. The fraction of sp³-hybridized carbons (Fsp3) is 0.538. The first kappa shape index (κ1) is 13.6. The molecule has 1 aromatic rings. The Kier molecular flexibility index (Phi) is 4.36. The molecule has 1 aliphatic rings. The highest BCUT2D eigenvalue weighted by Crippen LogP contribution is 2.34. The molecule has 0 radical (unpaired) electrons. The molecule has 94 valence electrons. The molecule has 3 atom stereocenters. The summed E-state index contributed by atoms with van der Waals surface area (Å²) in [5.41, 5.74) is 7.43. The molecule has 0 bridgehead atoms. The van der Waals surface area contributed by atoms with E-state index in [4.69, 9.17) is 5.73 Å². The molecule has 1 fully saturated rings. The lowest BCUT2D eigenvalue weighted by Gasteiger charge is -2.43. The van der Waals surface area contributed by atoms with Crippen molar-refractivity contribution in [1.29, 1.82) is 0 Å². The molecule has 0 saturated carbocycles. The van der Waals surface area contributed by atoms with E-state index in [1.807, 2.05) is 0 Å². The summed E-state index contributed by atoms with van der Waals surface area (Å²) in [6.07, 6.45) is 1.07. The Hall–Kier alpha value is 0.190. The van der Waals surface area contributed by atoms with Gasteiger partial charge in [-0.2, -0.15) is 0 Å². The van der Waals surface area contributed by atoms with Gasteiger partial charge in [0.1, 0.15) is 0 Å². The van der Waals surface area contributed by atoms with E-state index in [-0.39, 0.29) is 0 Å². The number of anilines is 1. The van der Waals surface area contributed by atoms with Crippen LogP contribution in [0.1, 0.15) is 20.3 Å². The van der Waals surface area contributed by atoms with Gasteiger partial charge >= 0.3 is 0 Å². The molecule has 1 heterocycles. The number of benzene rings is 1. The second kappa shape index (κ2) is 5.45. The van der Waals surface area contributed by atoms with Crippen LogP contribution in [0.3, 0.4) is 0 Å². The average Bonchev–Trinajstić information content (AvgIpc) is 2.30. The summed E-state index contributed by atoms with van der Waals surface area (Å²) < 4.78 is 2.45. The number of rotatable bonds is 1. The third kappa shape index (κ3) is 2.79. The van der Waals surface area contributed by atoms with E-state index in [1.165, 1.54) is 13.7 Å². The minimum atomic E-state index is 0.336. The summed E-state index contributed by atoms with van der Waals surface area (Å²) in [7, 11) is 0. The smallest absolute Gasteiger partial charge is 0.0523 e. The number of hydrogen-bond acceptors (Lipinski definition) is 2. The lowest BCUT2D eigenvalue weighted by atomic mass is 9.87. The van der Waals surface area contributed by atoms with Crippen LogP contribution in [0.5, 0.6) is 0 Å². The van der Waals surface area contributed by atoms with E-state index in [2.05, 4.69) is 75.5 Å². The molecule has 4 heteroatoms. The Labute approximate surface area is 125 Å². The molecule has 1 saturated heterocycles. The van der Waals surface area contributed by atoms with Crippen LogP contribution in [0.4, 0.5) is 5.69 Å². The molecule has 17 heavy (non-hydrogen) atoms. The highest BCUT2D eigenvalue weighted by atomic mass is 127. The molecular formula is C13H18BrIN2. The van der Waals surface area contributed by atoms with Gasteiger partial charge in [0, 0.05) is 26.7 Å². The largest absolute Gasteiger partial charge is 0.367 e. The van der Waals surface area contributed by atoms with E-state index in [0.29, 0.717) is 18.0 Å². The first-order valence-electron chi connectivity index (χ1n) is 5.98. The first-order chi connectivity index (χ1) is 8.00. The molecule has 0 aliphatic carbocycles. The van der Waals surface area contributed by atoms with Crippen LogP contribution in [-0.4, -0.2) is 18.6 Å². The highest BCUT2D eigenvalue weighted by Gasteiger charge is 2.31. The zero-order valence-electron chi connectivity index (χ0n) is 10.2. The third-order valence-electron chi connectivity index (χ3n) is 3.85. The van der Waals surface area contributed by atoms with Crippen molar-refractivity contribution < 1.29 is 0 Å². The monoisotopic (exact) mass is 408 g/mol. The van der Waals surface area contributed by atoms with Gasteiger partial charge in [0.15, 0.2) is 0 Å². The molecular weight excluding hydrogens is 391 g/mol. The van der Waals surface area contributed by atoms with Crippen molar-refractivity contribution in [3.63, 3.8) is 0 Å². The molecule has 2 rings (SSSR count). The van der Waals surface area contributed by atoms with Gasteiger partial charge in [0.25, 0.3) is 0 Å². The Balaban J connectivity index is 2.30. The van der Waals surface area contributed by atoms with Gasteiger partial charge in [0.05, 0.1) is 5.69 Å². The SMILES string of the molecule is CC1C(N)CCN(c2cc(I)ccc2Br)C1C. The van der Waals surface area contributed by atoms with E-state index < -0.39 is 0 Å². The van der Waals surface area contributed by atoms with Crippen LogP contribution in [0.25, 0.3) is 0 Å². The van der Waals surface area contributed by atoms with E-state index in [0.717, 1.165) is 13.0 Å². The minimum absolute atomic E-state index is 0.336. The van der Waals surface area contributed by atoms with Crippen molar-refractivity contribution in [2.45, 2.75) is 32.4 Å². The van der Waals surface area contributed by atoms with Gasteiger partial charge in [-0.15, -0.1) is 0 Å². The van der Waals surface area contributed by atoms with Gasteiger partial charge in [-0.05, 0) is 76.0 Å². The summed E-state index contributed by atoms with van der Waals surface area (Å²) in [6.45, 7) is 5.57. The van der Waals surface area contributed by atoms with Crippen molar-refractivity contribution in [3.8, 4) is 0 Å². The van der Waals surface area contributed by atoms with Gasteiger partial charge in [-0.1, -0.05) is 6.92 Å². The average molecular weight is 409 g/mol. The van der Waals surface area contributed by atoms with Crippen LogP contribution >= 0.6 is 38.5 Å². The Morgan fingerprint density at radius 2 is 2.12 bits per heavy atom. The normalized spacial score (nSPS) is 29.5. The second-order valence-electron chi connectivity index (χ2n) is 4.84. The van der Waals surface area contributed by atoms with Gasteiger partial charge in [-0.3, -0.25) is 0 Å². The number of nitrogens with zero attached hydrogens (tertiary/aromatic N) is 1. The predicted molar refractivity (Wildman–Crippen MR) is 85.4 cm³/mol. The molecule has 0 aromatic heterocycles. The second-order valence-corrected chi connectivity index (χ2v) is 6.94. The first-order valence-corrected chi connectivity index (χ1v) is 7.85. The van der Waals surface area contributed by atoms with Crippen molar-refractivity contribution in [2.75, 3.05) is 11.4 Å². The van der Waals surface area contributed by atoms with Crippen LogP contribution in [0.15, 0.2) is 22.7 Å². The molecule has 2 N–H and O–H groups in total. The fourth-order valence-corrected chi connectivity index (χ4v) is 3.39. The highest BCUT2D eigenvalue weighted by molar-refractivity contribution is 14.1. The molecule has 3 unspecified atom stereocenters.